The number of primary sulfonamides is 1. The molecular formula is C15H18F3N7O2S. The van der Waals surface area contributed by atoms with Gasteiger partial charge in [-0.2, -0.15) is 24.2 Å². The number of fused-ring (bicyclic) bond motifs is 1. The summed E-state index contributed by atoms with van der Waals surface area (Å²) in [5.41, 5.74) is 10.5. The van der Waals surface area contributed by atoms with Gasteiger partial charge in [-0.15, -0.1) is 0 Å². The smallest absolute Gasteiger partial charge is 0.335 e. The Morgan fingerprint density at radius 3 is 2.57 bits per heavy atom. The number of nitrogens with one attached hydrogen (secondary N) is 4. The Balaban J connectivity index is 1.92. The van der Waals surface area contributed by atoms with Gasteiger partial charge >= 0.3 is 6.18 Å². The fourth-order valence-electron chi connectivity index (χ4n) is 3.83. The molecule has 0 aliphatic carbocycles. The molecule has 13 heteroatoms. The van der Waals surface area contributed by atoms with Gasteiger partial charge in [0.05, 0.1) is 11.9 Å². The van der Waals surface area contributed by atoms with E-state index >= 15 is 0 Å². The number of nitrogens with two attached hydrogens (primary N) is 1. The molecule has 1 aromatic carbocycles. The van der Waals surface area contributed by atoms with E-state index in [1.807, 2.05) is 4.57 Å². The van der Waals surface area contributed by atoms with E-state index in [2.05, 4.69) is 26.9 Å². The quantitative estimate of drug-likeness (QED) is 0.489. The van der Waals surface area contributed by atoms with Crippen LogP contribution in [0.15, 0.2) is 29.6 Å². The van der Waals surface area contributed by atoms with Crippen molar-refractivity contribution >= 4 is 10.0 Å². The van der Waals surface area contributed by atoms with Crippen molar-refractivity contribution in [3.63, 3.8) is 0 Å². The van der Waals surface area contributed by atoms with Crippen molar-refractivity contribution < 1.29 is 21.6 Å². The Labute approximate surface area is 158 Å². The molecule has 0 amide bonds. The summed E-state index contributed by atoms with van der Waals surface area (Å²) < 4.78 is 67.2. The molecule has 2 aliphatic heterocycles. The largest absolute Gasteiger partial charge is 0.417 e. The van der Waals surface area contributed by atoms with Crippen molar-refractivity contribution in [3.05, 3.63) is 47.0 Å². The normalized spacial score (nSPS) is 21.1. The first kappa shape index (κ1) is 19.3. The molecule has 152 valence electrons. The van der Waals surface area contributed by atoms with Gasteiger partial charge in [-0.05, 0) is 30.4 Å². The number of alkyl halides is 3. The fourth-order valence-corrected chi connectivity index (χ4v) is 4.86. The number of halogens is 3. The zero-order valence-electron chi connectivity index (χ0n) is 14.4. The second-order valence-corrected chi connectivity index (χ2v) is 8.23. The number of hydrazine groups is 3. The predicted octanol–water partition coefficient (Wildman–Crippen LogP) is 0.395. The molecule has 1 atom stereocenters. The molecule has 6 N–H and O–H groups in total. The molecule has 1 unspecified atom stereocenters. The van der Waals surface area contributed by atoms with Gasteiger partial charge < -0.3 is 4.57 Å². The number of imidazole rings is 1. The van der Waals surface area contributed by atoms with Crippen LogP contribution in [0.4, 0.5) is 13.2 Å². The molecule has 1 saturated heterocycles. The van der Waals surface area contributed by atoms with Gasteiger partial charge in [-0.25, -0.2) is 29.4 Å². The Morgan fingerprint density at radius 1 is 1.21 bits per heavy atom. The third kappa shape index (κ3) is 3.40. The minimum absolute atomic E-state index is 0.0483. The van der Waals surface area contributed by atoms with E-state index in [-0.39, 0.29) is 11.5 Å². The molecule has 9 nitrogen and oxygen atoms in total. The minimum Gasteiger partial charge on any atom is -0.335 e. The lowest BCUT2D eigenvalue weighted by Gasteiger charge is -2.29. The minimum atomic E-state index is -4.88. The van der Waals surface area contributed by atoms with Crippen LogP contribution >= 0.6 is 0 Å². The summed E-state index contributed by atoms with van der Waals surface area (Å²) in [4.78, 5) is 3.16. The number of sulfonamides is 1. The number of hydrogen-bond donors (Lipinski definition) is 5. The highest BCUT2D eigenvalue weighted by atomic mass is 32.2. The molecular weight excluding hydrogens is 399 g/mol. The van der Waals surface area contributed by atoms with E-state index in [1.165, 1.54) is 6.07 Å². The first-order valence-corrected chi connectivity index (χ1v) is 9.97. The van der Waals surface area contributed by atoms with Gasteiger partial charge in [0.25, 0.3) is 0 Å². The molecule has 0 bridgehead atoms. The molecule has 0 radical (unpaired) electrons. The van der Waals surface area contributed by atoms with Crippen molar-refractivity contribution in [2.24, 2.45) is 5.14 Å². The van der Waals surface area contributed by atoms with Crippen LogP contribution < -0.4 is 27.1 Å². The Hall–Kier alpha value is -2.03. The third-order valence-corrected chi connectivity index (χ3v) is 6.03. The van der Waals surface area contributed by atoms with E-state index in [0.29, 0.717) is 24.9 Å². The highest BCUT2D eigenvalue weighted by molar-refractivity contribution is 7.89. The molecule has 2 aliphatic rings. The Bertz CT molecular complexity index is 1000. The van der Waals surface area contributed by atoms with Gasteiger partial charge in [0.2, 0.25) is 10.0 Å². The van der Waals surface area contributed by atoms with Crippen LogP contribution in [0, 0.1) is 0 Å². The van der Waals surface area contributed by atoms with Gasteiger partial charge in [0.1, 0.15) is 11.1 Å². The summed E-state index contributed by atoms with van der Waals surface area (Å²) in [5, 5.41) is 5.24. The van der Waals surface area contributed by atoms with Crippen LogP contribution in [-0.2, 0) is 29.2 Å². The number of hydrogen-bond acceptors (Lipinski definition) is 7. The lowest BCUT2D eigenvalue weighted by Crippen LogP contribution is -2.33. The fraction of sp³-hybridized carbons (Fsp3) is 0.400. The van der Waals surface area contributed by atoms with Gasteiger partial charge in [-0.1, -0.05) is 6.07 Å². The second-order valence-electron chi connectivity index (χ2n) is 6.73. The van der Waals surface area contributed by atoms with Gasteiger partial charge in [-0.3, -0.25) is 0 Å². The van der Waals surface area contributed by atoms with E-state index in [1.54, 1.807) is 12.5 Å². The van der Waals surface area contributed by atoms with Crippen LogP contribution in [-0.4, -0.2) is 18.0 Å². The van der Waals surface area contributed by atoms with E-state index < -0.39 is 32.8 Å². The summed E-state index contributed by atoms with van der Waals surface area (Å²) in [7, 11) is -4.67. The molecule has 0 saturated carbocycles. The predicted molar refractivity (Wildman–Crippen MR) is 91.4 cm³/mol. The zero-order valence-corrected chi connectivity index (χ0v) is 15.2. The van der Waals surface area contributed by atoms with Crippen molar-refractivity contribution in [2.75, 3.05) is 0 Å². The maximum atomic E-state index is 13.6. The summed E-state index contributed by atoms with van der Waals surface area (Å²) in [5.74, 6) is -0.189. The third-order valence-electron chi connectivity index (χ3n) is 5.02. The molecule has 1 fully saturated rings. The zero-order chi connectivity index (χ0) is 20.1. The highest BCUT2D eigenvalue weighted by Crippen LogP contribution is 2.42. The van der Waals surface area contributed by atoms with Crippen LogP contribution in [0.3, 0.4) is 0 Å². The first-order valence-electron chi connectivity index (χ1n) is 8.43. The standard InChI is InChI=1S/C15H18F3N7O2S/c16-15(17,18)11-2-1-10(8-3-4-25-7-20-6-9(25)5-8)12(13(11)28(19,26)27)14-21-23-24-22-14/h1-2,6-8,14,21-24H,3-5H2,(H2,19,26,27). The molecule has 0 spiro atoms. The van der Waals surface area contributed by atoms with E-state index in [4.69, 9.17) is 5.14 Å². The van der Waals surface area contributed by atoms with Gasteiger partial charge in [0.15, 0.2) is 0 Å². The van der Waals surface area contributed by atoms with Gasteiger partial charge in [0, 0.05) is 24.0 Å². The van der Waals surface area contributed by atoms with Crippen LogP contribution in [0.2, 0.25) is 0 Å². The summed E-state index contributed by atoms with van der Waals surface area (Å²) >= 11 is 0. The van der Waals surface area contributed by atoms with Crippen LogP contribution in [0.25, 0.3) is 0 Å². The van der Waals surface area contributed by atoms with Crippen molar-refractivity contribution in [3.8, 4) is 0 Å². The Kier molecular flexibility index (Phi) is 4.68. The maximum Gasteiger partial charge on any atom is 0.417 e. The maximum absolute atomic E-state index is 13.6. The first-order chi connectivity index (χ1) is 13.2. The van der Waals surface area contributed by atoms with E-state index in [9.17, 15) is 21.6 Å². The number of aryl methyl sites for hydroxylation is 1. The SMILES string of the molecule is NS(=O)(=O)c1c(C(F)(F)F)ccc(C2CCn3cncc3C2)c1C1NNNN1. The van der Waals surface area contributed by atoms with Crippen molar-refractivity contribution in [1.82, 2.24) is 31.5 Å². The molecule has 2 aromatic rings. The lowest BCUT2D eigenvalue weighted by molar-refractivity contribution is -0.140. The summed E-state index contributed by atoms with van der Waals surface area (Å²) in [6.45, 7) is 0.632. The monoisotopic (exact) mass is 417 g/mol. The lowest BCUT2D eigenvalue weighted by atomic mass is 9.84. The topological polar surface area (TPSA) is 126 Å². The summed E-state index contributed by atoms with van der Waals surface area (Å²) in [6.07, 6.45) is -1.26. The number of rotatable bonds is 3. The molecule has 3 heterocycles. The number of nitrogens with zero attached hydrogens (tertiary/aromatic N) is 2. The average molecular weight is 417 g/mol. The highest BCUT2D eigenvalue weighted by Gasteiger charge is 2.41. The second kappa shape index (κ2) is 6.79. The van der Waals surface area contributed by atoms with E-state index in [0.717, 1.165) is 11.8 Å². The molecule has 4 rings (SSSR count). The number of benzene rings is 1. The average Bonchev–Trinajstić information content (AvgIpc) is 3.29. The number of aromatic nitrogens is 2. The Morgan fingerprint density at radius 2 is 1.93 bits per heavy atom. The molecule has 1 aromatic heterocycles. The van der Waals surface area contributed by atoms with Crippen LogP contribution in [0.5, 0.6) is 0 Å². The van der Waals surface area contributed by atoms with Crippen molar-refractivity contribution in [1.29, 1.82) is 0 Å². The van der Waals surface area contributed by atoms with Crippen molar-refractivity contribution in [2.45, 2.75) is 42.5 Å². The summed E-state index contributed by atoms with van der Waals surface area (Å²) in [6, 6.07) is 2.13. The molecule has 28 heavy (non-hydrogen) atoms. The van der Waals surface area contributed by atoms with Crippen LogP contribution in [0.1, 0.15) is 40.9 Å².